The van der Waals surface area contributed by atoms with Gasteiger partial charge < -0.3 is 15.4 Å². The molecule has 2 N–H and O–H groups in total. The topological polar surface area (TPSA) is 53.6 Å². The van der Waals surface area contributed by atoms with Gasteiger partial charge in [-0.1, -0.05) is 6.92 Å². The Labute approximate surface area is 110 Å². The van der Waals surface area contributed by atoms with Crippen molar-refractivity contribution in [3.8, 4) is 0 Å². The van der Waals surface area contributed by atoms with Gasteiger partial charge in [-0.25, -0.2) is 0 Å². The van der Waals surface area contributed by atoms with Crippen molar-refractivity contribution in [2.45, 2.75) is 32.7 Å². The molecule has 1 aliphatic heterocycles. The number of nitrogens with zero attached hydrogens (tertiary/aromatic N) is 1. The molecule has 0 aromatic rings. The smallest absolute Gasteiger partial charge is 0.233 e. The lowest BCUT2D eigenvalue weighted by Gasteiger charge is -2.26. The quantitative estimate of drug-likeness (QED) is 0.611. The normalized spacial score (nSPS) is 18.6. The van der Waals surface area contributed by atoms with Gasteiger partial charge in [-0.15, -0.1) is 0 Å². The first-order chi connectivity index (χ1) is 8.72. The minimum Gasteiger partial charge on any atom is -0.379 e. The van der Waals surface area contributed by atoms with Crippen molar-refractivity contribution >= 4 is 5.91 Å². The highest BCUT2D eigenvalue weighted by molar-refractivity contribution is 5.77. The van der Waals surface area contributed by atoms with E-state index >= 15 is 0 Å². The second-order valence-electron chi connectivity index (χ2n) is 4.85. The number of amides is 1. The number of hydrogen-bond acceptors (Lipinski definition) is 4. The summed E-state index contributed by atoms with van der Waals surface area (Å²) in [7, 11) is 0. The van der Waals surface area contributed by atoms with E-state index in [9.17, 15) is 4.79 Å². The molecule has 0 saturated carbocycles. The fraction of sp³-hybridized carbons (Fsp3) is 0.923. The predicted molar refractivity (Wildman–Crippen MR) is 72.6 cm³/mol. The van der Waals surface area contributed by atoms with Gasteiger partial charge in [0, 0.05) is 25.7 Å². The lowest BCUT2D eigenvalue weighted by Crippen LogP contribution is -2.40. The Morgan fingerprint density at radius 2 is 2.11 bits per heavy atom. The van der Waals surface area contributed by atoms with Crippen LogP contribution in [0.15, 0.2) is 0 Å². The maximum absolute atomic E-state index is 11.5. The zero-order chi connectivity index (χ0) is 13.2. The molecule has 0 aromatic heterocycles. The molecule has 18 heavy (non-hydrogen) atoms. The maximum atomic E-state index is 11.5. The highest BCUT2D eigenvalue weighted by Gasteiger charge is 2.09. The van der Waals surface area contributed by atoms with Gasteiger partial charge in [0.15, 0.2) is 0 Å². The molecule has 0 aromatic carbocycles. The molecule has 1 rings (SSSR count). The molecule has 1 heterocycles. The minimum absolute atomic E-state index is 0.0947. The molecule has 1 amide bonds. The van der Waals surface area contributed by atoms with Gasteiger partial charge in [0.05, 0.1) is 19.8 Å². The monoisotopic (exact) mass is 257 g/mol. The van der Waals surface area contributed by atoms with E-state index in [2.05, 4.69) is 29.4 Å². The van der Waals surface area contributed by atoms with Crippen LogP contribution in [0.2, 0.25) is 0 Å². The van der Waals surface area contributed by atoms with E-state index in [1.54, 1.807) is 0 Å². The second-order valence-corrected chi connectivity index (χ2v) is 4.85. The van der Waals surface area contributed by atoms with Gasteiger partial charge in [0.25, 0.3) is 0 Å². The van der Waals surface area contributed by atoms with Crippen LogP contribution >= 0.6 is 0 Å². The van der Waals surface area contributed by atoms with Crippen molar-refractivity contribution in [3.05, 3.63) is 0 Å². The van der Waals surface area contributed by atoms with E-state index in [0.29, 0.717) is 12.6 Å². The number of carbonyl (C=O) groups excluding carboxylic acids is 1. The Balaban J connectivity index is 1.94. The first-order valence-corrected chi connectivity index (χ1v) is 7.02. The molecule has 0 bridgehead atoms. The molecular formula is C13H27N3O2. The Bertz CT molecular complexity index is 230. The molecule has 5 nitrogen and oxygen atoms in total. The van der Waals surface area contributed by atoms with Crippen LogP contribution in [0.25, 0.3) is 0 Å². The van der Waals surface area contributed by atoms with Crippen LogP contribution in [0.3, 0.4) is 0 Å². The summed E-state index contributed by atoms with van der Waals surface area (Å²) in [6.07, 6.45) is 2.05. The number of hydrogen-bond donors (Lipinski definition) is 2. The van der Waals surface area contributed by atoms with Crippen LogP contribution < -0.4 is 10.6 Å². The highest BCUT2D eigenvalue weighted by atomic mass is 16.5. The summed E-state index contributed by atoms with van der Waals surface area (Å²) in [4.78, 5) is 13.9. The lowest BCUT2D eigenvalue weighted by molar-refractivity contribution is -0.120. The van der Waals surface area contributed by atoms with Crippen molar-refractivity contribution in [2.24, 2.45) is 0 Å². The fourth-order valence-electron chi connectivity index (χ4n) is 1.83. The molecular weight excluding hydrogens is 230 g/mol. The number of rotatable bonds is 8. The third-order valence-electron chi connectivity index (χ3n) is 3.30. The standard InChI is InChI=1S/C13H27N3O2/c1-3-12(2)15-11-13(17)14-5-4-6-16-7-9-18-10-8-16/h12,15H,3-11H2,1-2H3,(H,14,17). The molecule has 1 fully saturated rings. The Kier molecular flexibility index (Phi) is 7.96. The number of ether oxygens (including phenoxy) is 1. The van der Waals surface area contributed by atoms with E-state index in [4.69, 9.17) is 4.74 Å². The average Bonchev–Trinajstić information content (AvgIpc) is 2.42. The maximum Gasteiger partial charge on any atom is 0.233 e. The summed E-state index contributed by atoms with van der Waals surface area (Å²) in [5, 5.41) is 6.13. The number of morpholine rings is 1. The third-order valence-corrected chi connectivity index (χ3v) is 3.30. The molecule has 1 atom stereocenters. The molecule has 5 heteroatoms. The van der Waals surface area contributed by atoms with Gasteiger partial charge in [-0.3, -0.25) is 9.69 Å². The second kappa shape index (κ2) is 9.30. The first-order valence-electron chi connectivity index (χ1n) is 7.02. The van der Waals surface area contributed by atoms with Gasteiger partial charge in [-0.2, -0.15) is 0 Å². The average molecular weight is 257 g/mol. The van der Waals surface area contributed by atoms with E-state index < -0.39 is 0 Å². The summed E-state index contributed by atoms with van der Waals surface area (Å²) in [6.45, 7) is 10.1. The Hall–Kier alpha value is -0.650. The summed E-state index contributed by atoms with van der Waals surface area (Å²) in [5.74, 6) is 0.0947. The number of carbonyl (C=O) groups is 1. The largest absolute Gasteiger partial charge is 0.379 e. The van der Waals surface area contributed by atoms with Crippen LogP contribution in [0.5, 0.6) is 0 Å². The SMILES string of the molecule is CCC(C)NCC(=O)NCCCN1CCOCC1. The molecule has 106 valence electrons. The van der Waals surface area contributed by atoms with Gasteiger partial charge in [0.2, 0.25) is 5.91 Å². The van der Waals surface area contributed by atoms with Crippen LogP contribution in [0.1, 0.15) is 26.7 Å². The zero-order valence-electron chi connectivity index (χ0n) is 11.7. The van der Waals surface area contributed by atoms with E-state index in [0.717, 1.165) is 52.2 Å². The first kappa shape index (κ1) is 15.4. The van der Waals surface area contributed by atoms with E-state index in [-0.39, 0.29) is 5.91 Å². The van der Waals surface area contributed by atoms with Gasteiger partial charge >= 0.3 is 0 Å². The predicted octanol–water partition coefficient (Wildman–Crippen LogP) is 0.213. The van der Waals surface area contributed by atoms with Gasteiger partial charge in [-0.05, 0) is 26.3 Å². The van der Waals surface area contributed by atoms with E-state index in [1.807, 2.05) is 0 Å². The summed E-state index contributed by atoms with van der Waals surface area (Å²) in [5.41, 5.74) is 0. The van der Waals surface area contributed by atoms with Crippen LogP contribution in [0.4, 0.5) is 0 Å². The van der Waals surface area contributed by atoms with Crippen LogP contribution in [-0.4, -0.2) is 62.8 Å². The molecule has 0 aliphatic carbocycles. The van der Waals surface area contributed by atoms with Crippen LogP contribution in [0, 0.1) is 0 Å². The van der Waals surface area contributed by atoms with Crippen molar-refractivity contribution in [1.29, 1.82) is 0 Å². The summed E-state index contributed by atoms with van der Waals surface area (Å²) < 4.78 is 5.29. The molecule has 1 unspecified atom stereocenters. The van der Waals surface area contributed by atoms with Crippen LogP contribution in [-0.2, 0) is 9.53 Å². The van der Waals surface area contributed by atoms with Crippen molar-refractivity contribution < 1.29 is 9.53 Å². The van der Waals surface area contributed by atoms with Crippen molar-refractivity contribution in [3.63, 3.8) is 0 Å². The Morgan fingerprint density at radius 1 is 1.39 bits per heavy atom. The molecule has 1 aliphatic rings. The molecule has 0 radical (unpaired) electrons. The van der Waals surface area contributed by atoms with E-state index in [1.165, 1.54) is 0 Å². The Morgan fingerprint density at radius 3 is 2.78 bits per heavy atom. The zero-order valence-corrected chi connectivity index (χ0v) is 11.7. The fourth-order valence-corrected chi connectivity index (χ4v) is 1.83. The number of nitrogens with one attached hydrogen (secondary N) is 2. The highest BCUT2D eigenvalue weighted by Crippen LogP contribution is 1.97. The molecule has 1 saturated heterocycles. The summed E-state index contributed by atoms with van der Waals surface area (Å²) in [6, 6.07) is 0.407. The summed E-state index contributed by atoms with van der Waals surface area (Å²) >= 11 is 0. The minimum atomic E-state index is 0.0947. The van der Waals surface area contributed by atoms with Gasteiger partial charge in [0.1, 0.15) is 0 Å². The third kappa shape index (κ3) is 6.93. The van der Waals surface area contributed by atoms with Crippen molar-refractivity contribution in [1.82, 2.24) is 15.5 Å². The van der Waals surface area contributed by atoms with Crippen molar-refractivity contribution in [2.75, 3.05) is 45.9 Å². The molecule has 0 spiro atoms. The lowest BCUT2D eigenvalue weighted by atomic mass is 10.2.